The standard InChI is InChI=1S/C20H24Cl2.C14H17F3O/c1-3-15(2)5-4-6-20(16-7-11-18(21)12-8-16)17-9-13-19(22)14-10-17;1-2-3-4-11-5-7-12(8-6-11)9-10-13(18)14(15,16)17/h7-15,20H,3-6H2,1-2H3;5-8,10,18H,2-4,9H2,1H3/b;13-10-. The molecule has 0 spiro atoms. The van der Waals surface area contributed by atoms with Crippen molar-refractivity contribution in [3.63, 3.8) is 0 Å². The second kappa shape index (κ2) is 17.4. The van der Waals surface area contributed by atoms with Crippen molar-refractivity contribution in [1.82, 2.24) is 0 Å². The van der Waals surface area contributed by atoms with Crippen molar-refractivity contribution in [3.05, 3.63) is 117 Å². The van der Waals surface area contributed by atoms with Gasteiger partial charge >= 0.3 is 6.18 Å². The molecule has 40 heavy (non-hydrogen) atoms. The summed E-state index contributed by atoms with van der Waals surface area (Å²) in [5, 5.41) is 10.3. The molecule has 0 aliphatic heterocycles. The third-order valence-corrected chi connectivity index (χ3v) is 7.60. The van der Waals surface area contributed by atoms with E-state index < -0.39 is 11.9 Å². The van der Waals surface area contributed by atoms with E-state index >= 15 is 0 Å². The van der Waals surface area contributed by atoms with Crippen LogP contribution in [-0.2, 0) is 12.8 Å². The number of aryl methyl sites for hydroxylation is 1. The number of rotatable bonds is 12. The summed E-state index contributed by atoms with van der Waals surface area (Å²) in [6.07, 6.45) is 4.37. The number of unbranched alkanes of at least 4 members (excludes halogenated alkanes) is 1. The molecule has 3 rings (SSSR count). The van der Waals surface area contributed by atoms with Crippen LogP contribution in [0.2, 0.25) is 10.0 Å². The predicted molar refractivity (Wildman–Crippen MR) is 164 cm³/mol. The fourth-order valence-electron chi connectivity index (χ4n) is 4.34. The van der Waals surface area contributed by atoms with Gasteiger partial charge in [0.2, 0.25) is 0 Å². The lowest BCUT2D eigenvalue weighted by atomic mass is 9.86. The average Bonchev–Trinajstić information content (AvgIpc) is 2.94. The number of halogens is 5. The number of benzene rings is 3. The van der Waals surface area contributed by atoms with Gasteiger partial charge < -0.3 is 5.11 Å². The van der Waals surface area contributed by atoms with Gasteiger partial charge in [0.1, 0.15) is 0 Å². The molecule has 6 heteroatoms. The summed E-state index contributed by atoms with van der Waals surface area (Å²) in [6, 6.07) is 23.9. The highest BCUT2D eigenvalue weighted by Gasteiger charge is 2.33. The summed E-state index contributed by atoms with van der Waals surface area (Å²) in [7, 11) is 0. The van der Waals surface area contributed by atoms with E-state index in [-0.39, 0.29) is 6.42 Å². The molecule has 0 amide bonds. The summed E-state index contributed by atoms with van der Waals surface area (Å²) in [5.74, 6) is -0.313. The van der Waals surface area contributed by atoms with Crippen LogP contribution >= 0.6 is 23.2 Å². The van der Waals surface area contributed by atoms with Gasteiger partial charge in [-0.25, -0.2) is 0 Å². The van der Waals surface area contributed by atoms with Gasteiger partial charge in [0, 0.05) is 16.0 Å². The third kappa shape index (κ3) is 12.4. The first-order valence-corrected chi connectivity index (χ1v) is 14.8. The molecule has 0 aliphatic carbocycles. The normalized spacial score (nSPS) is 12.7. The number of aliphatic hydroxyl groups excluding tert-OH is 1. The zero-order valence-corrected chi connectivity index (χ0v) is 25.2. The number of alkyl halides is 3. The van der Waals surface area contributed by atoms with Crippen LogP contribution in [-0.4, -0.2) is 11.3 Å². The van der Waals surface area contributed by atoms with Crippen LogP contribution in [0.1, 0.15) is 87.5 Å². The maximum absolute atomic E-state index is 12.0. The Morgan fingerprint density at radius 1 is 0.775 bits per heavy atom. The Kier molecular flexibility index (Phi) is 14.7. The van der Waals surface area contributed by atoms with E-state index in [4.69, 9.17) is 28.3 Å². The second-order valence-corrected chi connectivity index (χ2v) is 11.2. The van der Waals surface area contributed by atoms with Crippen molar-refractivity contribution in [2.45, 2.75) is 84.2 Å². The molecule has 0 heterocycles. The Morgan fingerprint density at radius 3 is 1.73 bits per heavy atom. The molecule has 1 unspecified atom stereocenters. The molecule has 0 radical (unpaired) electrons. The first-order valence-electron chi connectivity index (χ1n) is 14.1. The van der Waals surface area contributed by atoms with Gasteiger partial charge in [0.25, 0.3) is 0 Å². The molecule has 0 saturated carbocycles. The topological polar surface area (TPSA) is 20.2 Å². The second-order valence-electron chi connectivity index (χ2n) is 10.3. The minimum absolute atomic E-state index is 0.0827. The van der Waals surface area contributed by atoms with Crippen LogP contribution in [0.4, 0.5) is 13.2 Å². The number of allylic oxidation sites excluding steroid dienone is 2. The molecule has 3 aromatic rings. The monoisotopic (exact) mass is 592 g/mol. The lowest BCUT2D eigenvalue weighted by Crippen LogP contribution is -2.11. The zero-order valence-electron chi connectivity index (χ0n) is 23.7. The molecule has 218 valence electrons. The minimum atomic E-state index is -4.65. The molecule has 0 aliphatic rings. The van der Waals surface area contributed by atoms with Crippen molar-refractivity contribution in [1.29, 1.82) is 0 Å². The van der Waals surface area contributed by atoms with Crippen LogP contribution in [0.5, 0.6) is 0 Å². The Morgan fingerprint density at radius 2 is 1.27 bits per heavy atom. The van der Waals surface area contributed by atoms with Crippen molar-refractivity contribution in [2.24, 2.45) is 5.92 Å². The van der Waals surface area contributed by atoms with Crippen LogP contribution in [0.3, 0.4) is 0 Å². The summed E-state index contributed by atoms with van der Waals surface area (Å²) in [5.41, 5.74) is 4.60. The van der Waals surface area contributed by atoms with Crippen LogP contribution in [0.15, 0.2) is 84.6 Å². The minimum Gasteiger partial charge on any atom is -0.504 e. The van der Waals surface area contributed by atoms with Crippen molar-refractivity contribution >= 4 is 23.2 Å². The lowest BCUT2D eigenvalue weighted by molar-refractivity contribution is -0.120. The van der Waals surface area contributed by atoms with E-state index in [9.17, 15) is 13.2 Å². The van der Waals surface area contributed by atoms with Crippen LogP contribution < -0.4 is 0 Å². The van der Waals surface area contributed by atoms with Gasteiger partial charge in [-0.1, -0.05) is 118 Å². The predicted octanol–water partition coefficient (Wildman–Crippen LogP) is 11.9. The third-order valence-electron chi connectivity index (χ3n) is 7.09. The van der Waals surface area contributed by atoms with E-state index in [1.807, 2.05) is 36.4 Å². The average molecular weight is 594 g/mol. The molecule has 0 saturated heterocycles. The van der Waals surface area contributed by atoms with E-state index in [2.05, 4.69) is 45.0 Å². The van der Waals surface area contributed by atoms with E-state index in [0.29, 0.717) is 5.92 Å². The molecule has 1 N–H and O–H groups in total. The van der Waals surface area contributed by atoms with Gasteiger partial charge in [-0.2, -0.15) is 13.2 Å². The van der Waals surface area contributed by atoms with E-state index in [1.54, 1.807) is 12.1 Å². The summed E-state index contributed by atoms with van der Waals surface area (Å²) >= 11 is 12.1. The number of hydrogen-bond donors (Lipinski definition) is 1. The van der Waals surface area contributed by atoms with Crippen molar-refractivity contribution in [3.8, 4) is 0 Å². The first kappa shape index (κ1) is 33.8. The summed E-state index contributed by atoms with van der Waals surface area (Å²) in [4.78, 5) is 0. The maximum atomic E-state index is 12.0. The maximum Gasteiger partial charge on any atom is 0.448 e. The van der Waals surface area contributed by atoms with Gasteiger partial charge in [0.15, 0.2) is 5.76 Å². The Hall–Kier alpha value is -2.43. The highest BCUT2D eigenvalue weighted by atomic mass is 35.5. The molecule has 0 bridgehead atoms. The zero-order chi connectivity index (χ0) is 29.5. The first-order chi connectivity index (χ1) is 19.0. The molecule has 1 atom stereocenters. The van der Waals surface area contributed by atoms with Gasteiger partial charge in [-0.3, -0.25) is 0 Å². The van der Waals surface area contributed by atoms with E-state index in [1.165, 1.54) is 36.0 Å². The Bertz CT molecular complexity index is 1090. The molecule has 1 nitrogen and oxygen atoms in total. The summed E-state index contributed by atoms with van der Waals surface area (Å²) in [6.45, 7) is 6.71. The Labute approximate surface area is 248 Å². The quantitative estimate of drug-likeness (QED) is 0.207. The van der Waals surface area contributed by atoms with Gasteiger partial charge in [0.05, 0.1) is 0 Å². The molecular formula is C34H41Cl2F3O. The molecular weight excluding hydrogens is 552 g/mol. The van der Waals surface area contributed by atoms with E-state index in [0.717, 1.165) is 53.3 Å². The fraction of sp³-hybridized carbons (Fsp3) is 0.412. The van der Waals surface area contributed by atoms with Crippen LogP contribution in [0.25, 0.3) is 0 Å². The smallest absolute Gasteiger partial charge is 0.448 e. The molecule has 0 fully saturated rings. The van der Waals surface area contributed by atoms with Gasteiger partial charge in [-0.05, 0) is 84.2 Å². The fourth-order valence-corrected chi connectivity index (χ4v) is 4.60. The number of hydrogen-bond acceptors (Lipinski definition) is 1. The molecule has 0 aromatic heterocycles. The SMILES string of the molecule is CCC(C)CCCC(c1ccc(Cl)cc1)c1ccc(Cl)cc1.CCCCc1ccc(C/C=C(\O)C(F)(F)F)cc1. The highest BCUT2D eigenvalue weighted by Crippen LogP contribution is 2.32. The van der Waals surface area contributed by atoms with Crippen LogP contribution in [0, 0.1) is 5.92 Å². The summed E-state index contributed by atoms with van der Waals surface area (Å²) < 4.78 is 36.1. The Balaban J connectivity index is 0.000000286. The van der Waals surface area contributed by atoms with Crippen molar-refractivity contribution in [2.75, 3.05) is 0 Å². The number of aliphatic hydroxyl groups is 1. The van der Waals surface area contributed by atoms with Gasteiger partial charge in [-0.15, -0.1) is 0 Å². The lowest BCUT2D eigenvalue weighted by Gasteiger charge is -2.19. The highest BCUT2D eigenvalue weighted by molar-refractivity contribution is 6.30. The largest absolute Gasteiger partial charge is 0.504 e. The molecule has 3 aromatic carbocycles. The van der Waals surface area contributed by atoms with Crippen molar-refractivity contribution < 1.29 is 18.3 Å².